The molecule has 0 saturated carbocycles. The van der Waals surface area contributed by atoms with E-state index in [1.165, 1.54) is 16.0 Å². The van der Waals surface area contributed by atoms with Crippen molar-refractivity contribution in [1.82, 2.24) is 0 Å². The van der Waals surface area contributed by atoms with E-state index >= 15 is 0 Å². The SMILES string of the molecule is CCSc1ccc(C=CC=Cc2ccccc2)cc1. The Balaban J connectivity index is 1.93. The Bertz CT molecular complexity index is 536. The number of hydrogen-bond donors (Lipinski definition) is 0. The predicted molar refractivity (Wildman–Crippen MR) is 87.4 cm³/mol. The van der Waals surface area contributed by atoms with Crippen molar-refractivity contribution in [1.29, 1.82) is 0 Å². The minimum Gasteiger partial charge on any atom is -0.126 e. The van der Waals surface area contributed by atoms with E-state index in [1.807, 2.05) is 30.0 Å². The minimum absolute atomic E-state index is 1.12. The largest absolute Gasteiger partial charge is 0.126 e. The molecule has 0 radical (unpaired) electrons. The Hall–Kier alpha value is -1.73. The van der Waals surface area contributed by atoms with Gasteiger partial charge < -0.3 is 0 Å². The van der Waals surface area contributed by atoms with Crippen LogP contribution in [-0.4, -0.2) is 5.75 Å². The third-order valence-corrected chi connectivity index (χ3v) is 3.57. The van der Waals surface area contributed by atoms with Crippen LogP contribution in [0.4, 0.5) is 0 Å². The molecule has 96 valence electrons. The van der Waals surface area contributed by atoms with Gasteiger partial charge >= 0.3 is 0 Å². The molecule has 0 aliphatic rings. The molecule has 0 aromatic heterocycles. The van der Waals surface area contributed by atoms with E-state index in [1.54, 1.807) is 0 Å². The van der Waals surface area contributed by atoms with Gasteiger partial charge in [-0.3, -0.25) is 0 Å². The van der Waals surface area contributed by atoms with Crippen molar-refractivity contribution >= 4 is 23.9 Å². The molecule has 0 bridgehead atoms. The van der Waals surface area contributed by atoms with Crippen LogP contribution < -0.4 is 0 Å². The number of hydrogen-bond acceptors (Lipinski definition) is 1. The van der Waals surface area contributed by atoms with Gasteiger partial charge in [-0.25, -0.2) is 0 Å². The molecule has 1 heteroatoms. The molecule has 0 heterocycles. The molecule has 0 saturated heterocycles. The molecule has 0 amide bonds. The normalized spacial score (nSPS) is 11.4. The molecule has 0 unspecified atom stereocenters. The van der Waals surface area contributed by atoms with Gasteiger partial charge in [0, 0.05) is 4.90 Å². The highest BCUT2D eigenvalue weighted by Crippen LogP contribution is 2.18. The zero-order valence-corrected chi connectivity index (χ0v) is 11.9. The van der Waals surface area contributed by atoms with E-state index in [2.05, 4.69) is 67.6 Å². The molecule has 0 aliphatic carbocycles. The van der Waals surface area contributed by atoms with Gasteiger partial charge in [0.1, 0.15) is 0 Å². The van der Waals surface area contributed by atoms with Crippen LogP contribution >= 0.6 is 11.8 Å². The maximum Gasteiger partial charge on any atom is 0.00722 e. The average molecular weight is 266 g/mol. The summed E-state index contributed by atoms with van der Waals surface area (Å²) in [6.45, 7) is 2.17. The first-order valence-corrected chi connectivity index (χ1v) is 7.49. The standard InChI is InChI=1S/C18H18S/c1-2-19-18-14-12-17(13-15-18)11-7-6-10-16-8-4-3-5-9-16/h3-15H,2H2,1H3. The monoisotopic (exact) mass is 266 g/mol. The van der Waals surface area contributed by atoms with Gasteiger partial charge in [0.2, 0.25) is 0 Å². The second-order valence-corrected chi connectivity index (χ2v) is 5.47. The highest BCUT2D eigenvalue weighted by Gasteiger charge is 1.90. The summed E-state index contributed by atoms with van der Waals surface area (Å²) >= 11 is 1.87. The third-order valence-electron chi connectivity index (χ3n) is 2.68. The lowest BCUT2D eigenvalue weighted by Crippen LogP contribution is -1.74. The quantitative estimate of drug-likeness (QED) is 0.507. The fourth-order valence-electron chi connectivity index (χ4n) is 1.74. The lowest BCUT2D eigenvalue weighted by Gasteiger charge is -1.98. The highest BCUT2D eigenvalue weighted by atomic mass is 32.2. The Morgan fingerprint density at radius 2 is 1.37 bits per heavy atom. The fraction of sp³-hybridized carbons (Fsp3) is 0.111. The van der Waals surface area contributed by atoms with Crippen molar-refractivity contribution in [3.8, 4) is 0 Å². The first-order valence-electron chi connectivity index (χ1n) is 6.51. The molecule has 0 nitrogen and oxygen atoms in total. The first kappa shape index (κ1) is 13.7. The van der Waals surface area contributed by atoms with Gasteiger partial charge in [-0.2, -0.15) is 0 Å². The van der Waals surface area contributed by atoms with Crippen LogP contribution in [0.15, 0.2) is 71.6 Å². The Labute approximate surface area is 119 Å². The Kier molecular flexibility index (Phi) is 5.51. The highest BCUT2D eigenvalue weighted by molar-refractivity contribution is 7.99. The second-order valence-electron chi connectivity index (χ2n) is 4.13. The van der Waals surface area contributed by atoms with Gasteiger partial charge in [0.25, 0.3) is 0 Å². The zero-order valence-electron chi connectivity index (χ0n) is 11.1. The first-order chi connectivity index (χ1) is 9.38. The molecular formula is C18H18S. The number of allylic oxidation sites excluding steroid dienone is 2. The summed E-state index contributed by atoms with van der Waals surface area (Å²) in [5, 5.41) is 0. The van der Waals surface area contributed by atoms with Gasteiger partial charge in [0.05, 0.1) is 0 Å². The van der Waals surface area contributed by atoms with Crippen LogP contribution in [0.1, 0.15) is 18.1 Å². The average Bonchev–Trinajstić information content (AvgIpc) is 2.47. The van der Waals surface area contributed by atoms with Crippen molar-refractivity contribution in [3.05, 3.63) is 77.9 Å². The predicted octanol–water partition coefficient (Wildman–Crippen LogP) is 5.53. The summed E-state index contributed by atoms with van der Waals surface area (Å²) in [7, 11) is 0. The topological polar surface area (TPSA) is 0 Å². The number of rotatable bonds is 5. The van der Waals surface area contributed by atoms with Gasteiger partial charge in [-0.1, -0.05) is 73.7 Å². The van der Waals surface area contributed by atoms with Crippen LogP contribution in [0.25, 0.3) is 12.2 Å². The summed E-state index contributed by atoms with van der Waals surface area (Å²) in [6.07, 6.45) is 8.39. The van der Waals surface area contributed by atoms with Crippen molar-refractivity contribution in [2.75, 3.05) is 5.75 Å². The maximum absolute atomic E-state index is 2.18. The lowest BCUT2D eigenvalue weighted by atomic mass is 10.2. The smallest absolute Gasteiger partial charge is 0.00722 e. The number of benzene rings is 2. The summed E-state index contributed by atoms with van der Waals surface area (Å²) in [5.74, 6) is 1.12. The summed E-state index contributed by atoms with van der Waals surface area (Å²) in [4.78, 5) is 1.33. The van der Waals surface area contributed by atoms with Gasteiger partial charge in [-0.15, -0.1) is 11.8 Å². The molecule has 0 spiro atoms. The van der Waals surface area contributed by atoms with Gasteiger partial charge in [-0.05, 0) is 29.0 Å². The Morgan fingerprint density at radius 3 is 1.95 bits per heavy atom. The van der Waals surface area contributed by atoms with E-state index in [4.69, 9.17) is 0 Å². The van der Waals surface area contributed by atoms with E-state index in [-0.39, 0.29) is 0 Å². The van der Waals surface area contributed by atoms with Crippen molar-refractivity contribution in [2.45, 2.75) is 11.8 Å². The molecule has 2 rings (SSSR count). The van der Waals surface area contributed by atoms with Crippen molar-refractivity contribution in [2.24, 2.45) is 0 Å². The molecule has 0 fully saturated rings. The summed E-state index contributed by atoms with van der Waals surface area (Å²) in [5.41, 5.74) is 2.46. The molecule has 0 atom stereocenters. The summed E-state index contributed by atoms with van der Waals surface area (Å²) < 4.78 is 0. The molecule has 0 aliphatic heterocycles. The molecule has 2 aromatic rings. The van der Waals surface area contributed by atoms with Crippen LogP contribution in [0.5, 0.6) is 0 Å². The van der Waals surface area contributed by atoms with E-state index < -0.39 is 0 Å². The Morgan fingerprint density at radius 1 is 0.789 bits per heavy atom. The van der Waals surface area contributed by atoms with E-state index in [9.17, 15) is 0 Å². The minimum atomic E-state index is 1.12. The zero-order chi connectivity index (χ0) is 13.3. The summed E-state index contributed by atoms with van der Waals surface area (Å²) in [6, 6.07) is 19.0. The molecule has 0 N–H and O–H groups in total. The van der Waals surface area contributed by atoms with E-state index in [0.29, 0.717) is 0 Å². The molecule has 19 heavy (non-hydrogen) atoms. The van der Waals surface area contributed by atoms with Gasteiger partial charge in [0.15, 0.2) is 0 Å². The van der Waals surface area contributed by atoms with E-state index in [0.717, 1.165) is 5.75 Å². The second kappa shape index (κ2) is 7.65. The maximum atomic E-state index is 2.18. The number of thioether (sulfide) groups is 1. The third kappa shape index (κ3) is 4.80. The van der Waals surface area contributed by atoms with Crippen LogP contribution in [0.2, 0.25) is 0 Å². The van der Waals surface area contributed by atoms with Crippen LogP contribution in [0, 0.1) is 0 Å². The fourth-order valence-corrected chi connectivity index (χ4v) is 2.40. The molecular weight excluding hydrogens is 248 g/mol. The van der Waals surface area contributed by atoms with Crippen molar-refractivity contribution in [3.63, 3.8) is 0 Å². The van der Waals surface area contributed by atoms with Crippen molar-refractivity contribution < 1.29 is 0 Å². The lowest BCUT2D eigenvalue weighted by molar-refractivity contribution is 1.42. The van der Waals surface area contributed by atoms with Crippen LogP contribution in [0.3, 0.4) is 0 Å². The molecule has 2 aromatic carbocycles. The van der Waals surface area contributed by atoms with Crippen LogP contribution in [-0.2, 0) is 0 Å².